The molecule has 0 aliphatic carbocycles. The van der Waals surface area contributed by atoms with E-state index in [0.29, 0.717) is 15.8 Å². The predicted molar refractivity (Wildman–Crippen MR) is 95.5 cm³/mol. The van der Waals surface area contributed by atoms with Gasteiger partial charge in [-0.1, -0.05) is 13.8 Å². The number of carboxylic acids is 1. The number of aliphatic carboxylic acids is 1. The molecule has 0 saturated carbocycles. The van der Waals surface area contributed by atoms with Crippen molar-refractivity contribution in [3.05, 3.63) is 31.8 Å². The Balaban J connectivity index is 2.41. The summed E-state index contributed by atoms with van der Waals surface area (Å²) < 4.78 is 1.63. The molecule has 2 unspecified atom stereocenters. The number of carboxylic acid groups (broad SMARTS) is 1. The average molecular weight is 484 g/mol. The summed E-state index contributed by atoms with van der Waals surface area (Å²) in [6.07, 6.45) is 0. The van der Waals surface area contributed by atoms with Gasteiger partial charge in [0.05, 0.1) is 10.9 Å². The van der Waals surface area contributed by atoms with Gasteiger partial charge in [0.15, 0.2) is 0 Å². The van der Waals surface area contributed by atoms with Crippen LogP contribution in [0.25, 0.3) is 0 Å². The molecule has 2 atom stereocenters. The topological polar surface area (TPSA) is 57.6 Å². The second-order valence-electron chi connectivity index (χ2n) is 5.16. The van der Waals surface area contributed by atoms with E-state index in [9.17, 15) is 14.7 Å². The Morgan fingerprint density at radius 2 is 2.14 bits per heavy atom. The molecule has 1 heterocycles. The number of carbonyl (C=O) groups excluding carboxylic acids is 1. The van der Waals surface area contributed by atoms with Gasteiger partial charge in [0.1, 0.15) is 6.04 Å². The minimum Gasteiger partial charge on any atom is -0.480 e. The number of halogens is 2. The molecule has 1 aromatic carbocycles. The molecule has 1 fully saturated rings. The molecular weight excluding hydrogens is 469 g/mol. The smallest absolute Gasteiger partial charge is 0.327 e. The molecule has 21 heavy (non-hydrogen) atoms. The third-order valence-corrected chi connectivity index (χ3v) is 6.27. The van der Waals surface area contributed by atoms with E-state index in [1.807, 2.05) is 26.0 Å². The van der Waals surface area contributed by atoms with Crippen molar-refractivity contribution in [2.45, 2.75) is 25.3 Å². The first-order chi connectivity index (χ1) is 9.82. The van der Waals surface area contributed by atoms with Gasteiger partial charge in [-0.2, -0.15) is 0 Å². The van der Waals surface area contributed by atoms with Gasteiger partial charge in [-0.15, -0.1) is 11.8 Å². The van der Waals surface area contributed by atoms with E-state index in [4.69, 9.17) is 0 Å². The van der Waals surface area contributed by atoms with Gasteiger partial charge >= 0.3 is 5.97 Å². The van der Waals surface area contributed by atoms with Crippen LogP contribution in [0, 0.1) is 9.49 Å². The Hall–Kier alpha value is -0.280. The molecule has 7 heteroatoms. The van der Waals surface area contributed by atoms with Gasteiger partial charge < -0.3 is 10.0 Å². The molecule has 1 aliphatic rings. The minimum atomic E-state index is -0.944. The lowest BCUT2D eigenvalue weighted by Crippen LogP contribution is -2.47. The average Bonchev–Trinajstić information content (AvgIpc) is 2.85. The molecule has 1 aromatic rings. The molecule has 0 spiro atoms. The number of thioether (sulfide) groups is 1. The van der Waals surface area contributed by atoms with Crippen molar-refractivity contribution in [2.75, 3.05) is 5.75 Å². The monoisotopic (exact) mass is 483 g/mol. The molecular formula is C14H15BrINO3S. The highest BCUT2D eigenvalue weighted by atomic mass is 127. The quantitative estimate of drug-likeness (QED) is 0.666. The van der Waals surface area contributed by atoms with E-state index in [-0.39, 0.29) is 17.2 Å². The SMILES string of the molecule is CC(C)C1SCC(C(=O)O)N1C(=O)c1cc(I)ccc1Br. The molecule has 0 aromatic heterocycles. The molecule has 1 saturated heterocycles. The first-order valence-corrected chi connectivity index (χ1v) is 9.37. The first kappa shape index (κ1) is 17.1. The van der Waals surface area contributed by atoms with Gasteiger partial charge in [-0.05, 0) is 62.6 Å². The zero-order valence-corrected chi connectivity index (χ0v) is 16.1. The van der Waals surface area contributed by atoms with Crippen LogP contribution < -0.4 is 0 Å². The maximum Gasteiger partial charge on any atom is 0.327 e. The number of hydrogen-bond acceptors (Lipinski definition) is 3. The van der Waals surface area contributed by atoms with Crippen molar-refractivity contribution >= 4 is 62.2 Å². The highest BCUT2D eigenvalue weighted by molar-refractivity contribution is 14.1. The van der Waals surface area contributed by atoms with E-state index in [1.54, 1.807) is 6.07 Å². The Labute approximate surface area is 149 Å². The van der Waals surface area contributed by atoms with Crippen molar-refractivity contribution < 1.29 is 14.7 Å². The molecule has 4 nitrogen and oxygen atoms in total. The molecule has 1 N–H and O–H groups in total. The van der Waals surface area contributed by atoms with Crippen LogP contribution in [0.1, 0.15) is 24.2 Å². The third-order valence-electron chi connectivity index (χ3n) is 3.28. The number of hydrogen-bond donors (Lipinski definition) is 1. The fourth-order valence-corrected chi connectivity index (χ4v) is 4.67. The number of carbonyl (C=O) groups is 2. The van der Waals surface area contributed by atoms with Crippen molar-refractivity contribution in [1.82, 2.24) is 4.90 Å². The summed E-state index contributed by atoms with van der Waals surface area (Å²) in [5.74, 6) is -0.534. The molecule has 0 radical (unpaired) electrons. The number of rotatable bonds is 3. The van der Waals surface area contributed by atoms with Crippen molar-refractivity contribution in [3.63, 3.8) is 0 Å². The standard InChI is InChI=1S/C14H15BrINO3S/c1-7(2)13-17(11(6-21-13)14(19)20)12(18)9-5-8(16)3-4-10(9)15/h3-5,7,11,13H,6H2,1-2H3,(H,19,20). The molecule has 114 valence electrons. The van der Waals surface area contributed by atoms with E-state index in [0.717, 1.165) is 3.57 Å². The van der Waals surface area contributed by atoms with Gasteiger partial charge in [-0.25, -0.2) is 4.79 Å². The summed E-state index contributed by atoms with van der Waals surface area (Å²) in [6.45, 7) is 4.01. The maximum absolute atomic E-state index is 12.9. The van der Waals surface area contributed by atoms with Crippen molar-refractivity contribution in [3.8, 4) is 0 Å². The Morgan fingerprint density at radius 1 is 1.48 bits per heavy atom. The summed E-state index contributed by atoms with van der Waals surface area (Å²) in [5, 5.41) is 9.27. The van der Waals surface area contributed by atoms with Crippen LogP contribution in [0.3, 0.4) is 0 Å². The normalized spacial score (nSPS) is 21.9. The van der Waals surface area contributed by atoms with Gasteiger partial charge in [0.2, 0.25) is 0 Å². The van der Waals surface area contributed by atoms with E-state index >= 15 is 0 Å². The fraction of sp³-hybridized carbons (Fsp3) is 0.429. The van der Waals surface area contributed by atoms with Crippen LogP contribution in [0.15, 0.2) is 22.7 Å². The molecule has 1 amide bonds. The summed E-state index contributed by atoms with van der Waals surface area (Å²) in [6, 6.07) is 4.74. The largest absolute Gasteiger partial charge is 0.480 e. The lowest BCUT2D eigenvalue weighted by molar-refractivity contribution is -0.141. The predicted octanol–water partition coefficient (Wildman–Crippen LogP) is 3.68. The minimum absolute atomic E-state index is 0.108. The van der Waals surface area contributed by atoms with Crippen LogP contribution in [-0.4, -0.2) is 39.1 Å². The lowest BCUT2D eigenvalue weighted by Gasteiger charge is -2.30. The van der Waals surface area contributed by atoms with Gasteiger partial charge in [0, 0.05) is 13.8 Å². The van der Waals surface area contributed by atoms with Crippen LogP contribution >= 0.6 is 50.3 Å². The van der Waals surface area contributed by atoms with Gasteiger partial charge in [-0.3, -0.25) is 4.79 Å². The summed E-state index contributed by atoms with van der Waals surface area (Å²) in [4.78, 5) is 25.8. The second-order valence-corrected chi connectivity index (χ2v) is 8.41. The maximum atomic E-state index is 12.9. The summed E-state index contributed by atoms with van der Waals surface area (Å²) in [7, 11) is 0. The van der Waals surface area contributed by atoms with E-state index in [1.165, 1.54) is 16.7 Å². The highest BCUT2D eigenvalue weighted by Crippen LogP contribution is 2.36. The van der Waals surface area contributed by atoms with Crippen LogP contribution in [-0.2, 0) is 4.79 Å². The highest BCUT2D eigenvalue weighted by Gasteiger charge is 2.43. The Bertz CT molecular complexity index is 581. The number of amides is 1. The van der Waals surface area contributed by atoms with Gasteiger partial charge in [0.25, 0.3) is 5.91 Å². The first-order valence-electron chi connectivity index (χ1n) is 6.45. The molecule has 0 bridgehead atoms. The van der Waals surface area contributed by atoms with Crippen LogP contribution in [0.4, 0.5) is 0 Å². The van der Waals surface area contributed by atoms with Crippen molar-refractivity contribution in [1.29, 1.82) is 0 Å². The molecule has 1 aliphatic heterocycles. The summed E-state index contributed by atoms with van der Waals surface area (Å²) in [5.41, 5.74) is 0.515. The van der Waals surface area contributed by atoms with Crippen LogP contribution in [0.5, 0.6) is 0 Å². The number of nitrogens with zero attached hydrogens (tertiary/aromatic N) is 1. The Kier molecular flexibility index (Phi) is 5.59. The lowest BCUT2D eigenvalue weighted by atomic mass is 10.1. The second kappa shape index (κ2) is 6.87. The van der Waals surface area contributed by atoms with E-state index in [2.05, 4.69) is 38.5 Å². The van der Waals surface area contributed by atoms with E-state index < -0.39 is 12.0 Å². The zero-order valence-electron chi connectivity index (χ0n) is 11.5. The summed E-state index contributed by atoms with van der Waals surface area (Å²) >= 11 is 7.06. The number of benzene rings is 1. The van der Waals surface area contributed by atoms with Crippen molar-refractivity contribution in [2.24, 2.45) is 5.92 Å². The third kappa shape index (κ3) is 3.56. The Morgan fingerprint density at radius 3 is 2.71 bits per heavy atom. The fourth-order valence-electron chi connectivity index (χ4n) is 2.29. The molecule has 2 rings (SSSR count). The zero-order chi connectivity index (χ0) is 15.7. The van der Waals surface area contributed by atoms with Crippen LogP contribution in [0.2, 0.25) is 0 Å².